The predicted molar refractivity (Wildman–Crippen MR) is 88.9 cm³/mol. The highest BCUT2D eigenvalue weighted by Crippen LogP contribution is 2.18. The molecule has 0 aliphatic rings. The lowest BCUT2D eigenvalue weighted by Crippen LogP contribution is -2.22. The highest BCUT2D eigenvalue weighted by molar-refractivity contribution is 5.69. The van der Waals surface area contributed by atoms with Gasteiger partial charge in [0.05, 0.1) is 7.11 Å². The molecule has 1 heterocycles. The Hall–Kier alpha value is -3.42. The van der Waals surface area contributed by atoms with Crippen LogP contribution < -0.4 is 10.5 Å². The molecule has 0 amide bonds. The Morgan fingerprint density at radius 1 is 1.23 bits per heavy atom. The van der Waals surface area contributed by atoms with E-state index in [2.05, 4.69) is 5.10 Å². The highest BCUT2D eigenvalue weighted by atomic mass is 19.1. The van der Waals surface area contributed by atoms with Crippen LogP contribution in [0.3, 0.4) is 0 Å². The van der Waals surface area contributed by atoms with Gasteiger partial charge in [0.2, 0.25) is 5.89 Å². The monoisotopic (exact) mass is 358 g/mol. The van der Waals surface area contributed by atoms with Gasteiger partial charge in [0.1, 0.15) is 13.2 Å². The van der Waals surface area contributed by atoms with Crippen molar-refractivity contribution in [3.63, 3.8) is 0 Å². The number of hydrogen-bond acceptors (Lipinski definition) is 6. The predicted octanol–water partition coefficient (Wildman–Crippen LogP) is 2.39. The molecule has 0 unspecified atom stereocenters. The Morgan fingerprint density at radius 2 is 2.00 bits per heavy atom. The SMILES string of the molecule is COc1ccc(COC(=O)Cn2nc(-c3ccccc3)oc2=O)cc1F. The van der Waals surface area contributed by atoms with Gasteiger partial charge in [0.25, 0.3) is 0 Å². The zero-order chi connectivity index (χ0) is 18.5. The summed E-state index contributed by atoms with van der Waals surface area (Å²) in [4.78, 5) is 23.7. The fourth-order valence-corrected chi connectivity index (χ4v) is 2.23. The first-order valence-electron chi connectivity index (χ1n) is 7.68. The molecule has 0 bridgehead atoms. The molecule has 134 valence electrons. The fourth-order valence-electron chi connectivity index (χ4n) is 2.23. The Balaban J connectivity index is 1.63. The molecule has 3 rings (SSSR count). The van der Waals surface area contributed by atoms with Crippen LogP contribution in [0.4, 0.5) is 4.39 Å². The van der Waals surface area contributed by atoms with Crippen LogP contribution in [0.2, 0.25) is 0 Å². The number of halogens is 1. The summed E-state index contributed by atoms with van der Waals surface area (Å²) in [6.07, 6.45) is 0. The zero-order valence-electron chi connectivity index (χ0n) is 13.8. The zero-order valence-corrected chi connectivity index (χ0v) is 13.8. The maximum Gasteiger partial charge on any atom is 0.437 e. The van der Waals surface area contributed by atoms with E-state index in [9.17, 15) is 14.0 Å². The molecule has 7 nitrogen and oxygen atoms in total. The number of aromatic nitrogens is 2. The molecule has 0 aliphatic carbocycles. The van der Waals surface area contributed by atoms with Gasteiger partial charge >= 0.3 is 11.7 Å². The number of rotatable bonds is 6. The van der Waals surface area contributed by atoms with Gasteiger partial charge in [-0.3, -0.25) is 4.79 Å². The normalized spacial score (nSPS) is 10.5. The summed E-state index contributed by atoms with van der Waals surface area (Å²) in [5, 5.41) is 3.97. The summed E-state index contributed by atoms with van der Waals surface area (Å²) in [7, 11) is 1.36. The van der Waals surface area contributed by atoms with E-state index in [-0.39, 0.29) is 18.2 Å². The summed E-state index contributed by atoms with van der Waals surface area (Å²) in [6.45, 7) is -0.550. The van der Waals surface area contributed by atoms with Gasteiger partial charge in [-0.05, 0) is 29.8 Å². The molecule has 0 atom stereocenters. The number of benzene rings is 2. The molecule has 8 heteroatoms. The second kappa shape index (κ2) is 7.64. The van der Waals surface area contributed by atoms with Crippen LogP contribution in [0.15, 0.2) is 57.7 Å². The molecule has 0 saturated heterocycles. The number of carbonyl (C=O) groups is 1. The number of nitrogens with zero attached hydrogens (tertiary/aromatic N) is 2. The lowest BCUT2D eigenvalue weighted by atomic mass is 10.2. The summed E-state index contributed by atoms with van der Waals surface area (Å²) in [6, 6.07) is 13.0. The van der Waals surface area contributed by atoms with Crippen molar-refractivity contribution in [1.29, 1.82) is 0 Å². The molecular weight excluding hydrogens is 343 g/mol. The van der Waals surface area contributed by atoms with E-state index in [4.69, 9.17) is 13.9 Å². The molecule has 0 N–H and O–H groups in total. The third kappa shape index (κ3) is 3.97. The summed E-state index contributed by atoms with van der Waals surface area (Å²) in [5.41, 5.74) is 1.07. The topological polar surface area (TPSA) is 83.6 Å². The van der Waals surface area contributed by atoms with E-state index in [1.165, 1.54) is 19.2 Å². The highest BCUT2D eigenvalue weighted by Gasteiger charge is 2.14. The molecule has 2 aromatic carbocycles. The smallest absolute Gasteiger partial charge is 0.437 e. The van der Waals surface area contributed by atoms with Crippen molar-refractivity contribution in [2.75, 3.05) is 7.11 Å². The Bertz CT molecular complexity index is 965. The minimum Gasteiger partial charge on any atom is -0.494 e. The van der Waals surface area contributed by atoms with Crippen molar-refractivity contribution in [2.24, 2.45) is 0 Å². The average Bonchev–Trinajstić information content (AvgIpc) is 3.01. The number of hydrogen-bond donors (Lipinski definition) is 0. The van der Waals surface area contributed by atoms with Crippen molar-refractivity contribution in [2.45, 2.75) is 13.2 Å². The lowest BCUT2D eigenvalue weighted by Gasteiger charge is -2.06. The largest absolute Gasteiger partial charge is 0.494 e. The third-order valence-corrected chi connectivity index (χ3v) is 3.52. The quantitative estimate of drug-likeness (QED) is 0.629. The van der Waals surface area contributed by atoms with Crippen molar-refractivity contribution in [1.82, 2.24) is 9.78 Å². The van der Waals surface area contributed by atoms with Gasteiger partial charge in [-0.25, -0.2) is 9.18 Å². The summed E-state index contributed by atoms with van der Waals surface area (Å²) in [5.74, 6) is -1.81. The van der Waals surface area contributed by atoms with Crippen molar-refractivity contribution in [3.05, 3.63) is 70.5 Å². The van der Waals surface area contributed by atoms with E-state index < -0.39 is 24.1 Å². The number of ether oxygens (including phenoxy) is 2. The van der Waals surface area contributed by atoms with E-state index in [1.807, 2.05) is 6.07 Å². The lowest BCUT2D eigenvalue weighted by molar-refractivity contribution is -0.146. The Morgan fingerprint density at radius 3 is 2.69 bits per heavy atom. The first-order valence-corrected chi connectivity index (χ1v) is 7.68. The molecule has 3 aromatic rings. The second-order valence-electron chi connectivity index (χ2n) is 5.33. The number of carbonyl (C=O) groups excluding carboxylic acids is 1. The number of esters is 1. The van der Waals surface area contributed by atoms with Crippen LogP contribution >= 0.6 is 0 Å². The molecule has 0 radical (unpaired) electrons. The molecule has 1 aromatic heterocycles. The molecule has 0 saturated carbocycles. The van der Waals surface area contributed by atoms with Crippen LogP contribution in [0.5, 0.6) is 5.75 Å². The van der Waals surface area contributed by atoms with Gasteiger partial charge in [-0.1, -0.05) is 24.3 Å². The van der Waals surface area contributed by atoms with E-state index in [1.54, 1.807) is 30.3 Å². The molecular formula is C18H15FN2O5. The van der Waals surface area contributed by atoms with E-state index in [0.29, 0.717) is 11.1 Å². The van der Waals surface area contributed by atoms with E-state index in [0.717, 1.165) is 4.68 Å². The Labute approximate surface area is 147 Å². The van der Waals surface area contributed by atoms with Gasteiger partial charge in [-0.15, -0.1) is 5.10 Å². The molecule has 0 aliphatic heterocycles. The minimum atomic E-state index is -0.767. The van der Waals surface area contributed by atoms with Crippen LogP contribution in [-0.2, 0) is 22.7 Å². The average molecular weight is 358 g/mol. The second-order valence-corrected chi connectivity index (χ2v) is 5.33. The van der Waals surface area contributed by atoms with Gasteiger partial charge in [0.15, 0.2) is 11.6 Å². The van der Waals surface area contributed by atoms with Crippen LogP contribution in [0, 0.1) is 5.82 Å². The number of methoxy groups -OCH3 is 1. The molecule has 0 fully saturated rings. The maximum absolute atomic E-state index is 13.6. The Kier molecular flexibility index (Phi) is 5.12. The fraction of sp³-hybridized carbons (Fsp3) is 0.167. The van der Waals surface area contributed by atoms with E-state index >= 15 is 0 Å². The standard InChI is InChI=1S/C18H15FN2O5/c1-24-15-8-7-12(9-14(15)19)11-25-16(22)10-21-18(23)26-17(20-21)13-5-3-2-4-6-13/h2-9H,10-11H2,1H3. The summed E-state index contributed by atoms with van der Waals surface area (Å²) >= 11 is 0. The summed E-state index contributed by atoms with van der Waals surface area (Å²) < 4.78 is 29.4. The van der Waals surface area contributed by atoms with Gasteiger partial charge in [-0.2, -0.15) is 4.68 Å². The van der Waals surface area contributed by atoms with Crippen molar-refractivity contribution < 1.29 is 23.1 Å². The van der Waals surface area contributed by atoms with Crippen molar-refractivity contribution >= 4 is 5.97 Å². The minimum absolute atomic E-state index is 0.0997. The van der Waals surface area contributed by atoms with Crippen LogP contribution in [0.25, 0.3) is 11.5 Å². The maximum atomic E-state index is 13.6. The van der Waals surface area contributed by atoms with Crippen molar-refractivity contribution in [3.8, 4) is 17.2 Å². The third-order valence-electron chi connectivity index (χ3n) is 3.52. The van der Waals surface area contributed by atoms with Crippen LogP contribution in [-0.4, -0.2) is 22.9 Å². The molecule has 0 spiro atoms. The first kappa shape index (κ1) is 17.4. The first-order chi connectivity index (χ1) is 12.6. The molecule has 26 heavy (non-hydrogen) atoms. The van der Waals surface area contributed by atoms with Gasteiger partial charge < -0.3 is 13.9 Å². The van der Waals surface area contributed by atoms with Crippen LogP contribution in [0.1, 0.15) is 5.56 Å². The van der Waals surface area contributed by atoms with Gasteiger partial charge in [0, 0.05) is 5.56 Å².